The Morgan fingerprint density at radius 2 is 2.05 bits per heavy atom. The van der Waals surface area contributed by atoms with Gasteiger partial charge >= 0.3 is 5.97 Å². The largest absolute Gasteiger partial charge is 0.477 e. The summed E-state index contributed by atoms with van der Waals surface area (Å²) in [5.41, 5.74) is 1.43. The fourth-order valence-electron chi connectivity index (χ4n) is 1.76. The van der Waals surface area contributed by atoms with E-state index in [4.69, 9.17) is 16.7 Å². The summed E-state index contributed by atoms with van der Waals surface area (Å²) in [5, 5.41) is 14.0. The first-order valence-corrected chi connectivity index (χ1v) is 6.61. The molecular formula is C12H8ClN3O2S. The van der Waals surface area contributed by atoms with Gasteiger partial charge in [0.2, 0.25) is 4.96 Å². The number of aromatic carboxylic acids is 1. The number of halogens is 1. The quantitative estimate of drug-likeness (QED) is 0.788. The Kier molecular flexibility index (Phi) is 2.76. The van der Waals surface area contributed by atoms with Crippen LogP contribution in [-0.2, 0) is 0 Å². The number of aromatic nitrogens is 3. The molecule has 0 radical (unpaired) electrons. The third-order valence-corrected chi connectivity index (χ3v) is 4.09. The molecule has 0 saturated carbocycles. The Labute approximate surface area is 117 Å². The number of rotatable bonds is 2. The van der Waals surface area contributed by atoms with Gasteiger partial charge in [-0.25, -0.2) is 9.31 Å². The summed E-state index contributed by atoms with van der Waals surface area (Å²) in [5.74, 6) is -0.397. The number of aryl methyl sites for hydroxylation is 1. The SMILES string of the molecule is Cc1c(C(=O)O)sc2nc(-c3ccc(Cl)cc3)nn12. The van der Waals surface area contributed by atoms with E-state index in [9.17, 15) is 4.79 Å². The van der Waals surface area contributed by atoms with E-state index in [0.717, 1.165) is 16.9 Å². The second-order valence-corrected chi connectivity index (χ2v) is 5.37. The average molecular weight is 294 g/mol. The van der Waals surface area contributed by atoms with Gasteiger partial charge in [0.05, 0.1) is 5.69 Å². The first kappa shape index (κ1) is 12.1. The van der Waals surface area contributed by atoms with Crippen molar-refractivity contribution in [1.29, 1.82) is 0 Å². The van der Waals surface area contributed by atoms with Crippen LogP contribution in [0.2, 0.25) is 5.02 Å². The van der Waals surface area contributed by atoms with Crippen molar-refractivity contribution in [1.82, 2.24) is 14.6 Å². The molecule has 0 aliphatic carbocycles. The van der Waals surface area contributed by atoms with E-state index in [0.29, 0.717) is 21.5 Å². The summed E-state index contributed by atoms with van der Waals surface area (Å²) in [6.07, 6.45) is 0. The van der Waals surface area contributed by atoms with Gasteiger partial charge in [0.1, 0.15) is 4.88 Å². The molecule has 19 heavy (non-hydrogen) atoms. The Balaban J connectivity index is 2.13. The van der Waals surface area contributed by atoms with Crippen molar-refractivity contribution in [3.8, 4) is 11.4 Å². The molecule has 0 saturated heterocycles. The predicted octanol–water partition coefficient (Wildman–Crippen LogP) is 3.12. The highest BCUT2D eigenvalue weighted by Gasteiger charge is 2.18. The van der Waals surface area contributed by atoms with Crippen LogP contribution in [0.4, 0.5) is 0 Å². The van der Waals surface area contributed by atoms with Gasteiger partial charge < -0.3 is 5.11 Å². The first-order chi connectivity index (χ1) is 9.06. The molecule has 0 aliphatic heterocycles. The number of nitrogens with zero attached hydrogens (tertiary/aromatic N) is 3. The second kappa shape index (κ2) is 4.32. The van der Waals surface area contributed by atoms with Crippen molar-refractivity contribution >= 4 is 33.9 Å². The number of fused-ring (bicyclic) bond motifs is 1. The van der Waals surface area contributed by atoms with E-state index < -0.39 is 5.97 Å². The monoisotopic (exact) mass is 293 g/mol. The fraction of sp³-hybridized carbons (Fsp3) is 0.0833. The topological polar surface area (TPSA) is 67.5 Å². The van der Waals surface area contributed by atoms with Gasteiger partial charge in [0, 0.05) is 10.6 Å². The standard InChI is InChI=1S/C12H8ClN3O2S/c1-6-9(11(17)18)19-12-14-10(15-16(6)12)7-2-4-8(13)5-3-7/h2-5H,1H3,(H,17,18). The highest BCUT2D eigenvalue weighted by atomic mass is 35.5. The van der Waals surface area contributed by atoms with Gasteiger partial charge in [-0.2, -0.15) is 4.98 Å². The zero-order valence-corrected chi connectivity index (χ0v) is 11.4. The van der Waals surface area contributed by atoms with Gasteiger partial charge in [-0.05, 0) is 31.2 Å². The van der Waals surface area contributed by atoms with Crippen LogP contribution in [-0.4, -0.2) is 25.7 Å². The number of carboxylic acids is 1. The van der Waals surface area contributed by atoms with E-state index in [-0.39, 0.29) is 4.88 Å². The Morgan fingerprint density at radius 1 is 1.37 bits per heavy atom. The summed E-state index contributed by atoms with van der Waals surface area (Å²) < 4.78 is 1.55. The summed E-state index contributed by atoms with van der Waals surface area (Å²) in [6.45, 7) is 1.72. The average Bonchev–Trinajstić information content (AvgIpc) is 2.90. The maximum Gasteiger partial charge on any atom is 0.347 e. The third kappa shape index (κ3) is 1.98. The van der Waals surface area contributed by atoms with Crippen LogP contribution in [0.3, 0.4) is 0 Å². The Morgan fingerprint density at radius 3 is 2.63 bits per heavy atom. The summed E-state index contributed by atoms with van der Waals surface area (Å²) in [6, 6.07) is 7.19. The van der Waals surface area contributed by atoms with Crippen molar-refractivity contribution in [2.75, 3.05) is 0 Å². The normalized spacial score (nSPS) is 11.1. The summed E-state index contributed by atoms with van der Waals surface area (Å²) in [4.78, 5) is 16.2. The fourth-order valence-corrected chi connectivity index (χ4v) is 2.79. The lowest BCUT2D eigenvalue weighted by Gasteiger charge is -1.95. The van der Waals surface area contributed by atoms with Gasteiger partial charge in [0.15, 0.2) is 5.82 Å². The minimum atomic E-state index is -0.956. The number of thiazole rings is 1. The molecule has 5 nitrogen and oxygen atoms in total. The Bertz CT molecular complexity index is 776. The van der Waals surface area contributed by atoms with Crippen molar-refractivity contribution in [2.45, 2.75) is 6.92 Å². The molecule has 3 aromatic rings. The zero-order valence-electron chi connectivity index (χ0n) is 9.79. The van der Waals surface area contributed by atoms with Crippen LogP contribution in [0.1, 0.15) is 15.4 Å². The molecule has 0 fully saturated rings. The minimum absolute atomic E-state index is 0.262. The van der Waals surface area contributed by atoms with Crippen molar-refractivity contribution in [2.24, 2.45) is 0 Å². The smallest absolute Gasteiger partial charge is 0.347 e. The highest BCUT2D eigenvalue weighted by Crippen LogP contribution is 2.25. The molecule has 2 heterocycles. The molecule has 0 atom stereocenters. The minimum Gasteiger partial charge on any atom is -0.477 e. The maximum atomic E-state index is 11.0. The lowest BCUT2D eigenvalue weighted by molar-refractivity contribution is 0.0701. The molecule has 1 N–H and O–H groups in total. The van der Waals surface area contributed by atoms with Crippen LogP contribution < -0.4 is 0 Å². The molecule has 0 aliphatic rings. The van der Waals surface area contributed by atoms with Crippen LogP contribution >= 0.6 is 22.9 Å². The molecule has 0 unspecified atom stereocenters. The number of carbonyl (C=O) groups is 1. The van der Waals surface area contributed by atoms with Crippen LogP contribution in [0.15, 0.2) is 24.3 Å². The number of carboxylic acid groups (broad SMARTS) is 1. The van der Waals surface area contributed by atoms with Gasteiger partial charge in [0.25, 0.3) is 0 Å². The summed E-state index contributed by atoms with van der Waals surface area (Å²) >= 11 is 6.94. The van der Waals surface area contributed by atoms with Gasteiger partial charge in [-0.1, -0.05) is 22.9 Å². The molecule has 2 aromatic heterocycles. The van der Waals surface area contributed by atoms with Gasteiger partial charge in [-0.3, -0.25) is 0 Å². The predicted molar refractivity (Wildman–Crippen MR) is 73.0 cm³/mol. The van der Waals surface area contributed by atoms with E-state index >= 15 is 0 Å². The summed E-state index contributed by atoms with van der Waals surface area (Å²) in [7, 11) is 0. The zero-order chi connectivity index (χ0) is 13.6. The van der Waals surface area contributed by atoms with Crippen molar-refractivity contribution in [3.63, 3.8) is 0 Å². The highest BCUT2D eigenvalue weighted by molar-refractivity contribution is 7.18. The van der Waals surface area contributed by atoms with Crippen LogP contribution in [0.25, 0.3) is 16.3 Å². The van der Waals surface area contributed by atoms with E-state index in [2.05, 4.69) is 10.1 Å². The molecule has 96 valence electrons. The molecule has 3 rings (SSSR count). The van der Waals surface area contributed by atoms with Crippen LogP contribution in [0.5, 0.6) is 0 Å². The lowest BCUT2D eigenvalue weighted by atomic mass is 10.2. The molecule has 0 spiro atoms. The number of hydrogen-bond acceptors (Lipinski definition) is 4. The molecule has 0 amide bonds. The number of benzene rings is 1. The Hall–Kier alpha value is -1.92. The van der Waals surface area contributed by atoms with Crippen molar-refractivity contribution in [3.05, 3.63) is 39.9 Å². The van der Waals surface area contributed by atoms with Crippen molar-refractivity contribution < 1.29 is 9.90 Å². The first-order valence-electron chi connectivity index (χ1n) is 5.41. The molecule has 0 bridgehead atoms. The lowest BCUT2D eigenvalue weighted by Crippen LogP contribution is -1.98. The third-order valence-electron chi connectivity index (χ3n) is 2.71. The van der Waals surface area contributed by atoms with E-state index in [1.54, 1.807) is 23.6 Å². The maximum absolute atomic E-state index is 11.0. The molecule has 1 aromatic carbocycles. The van der Waals surface area contributed by atoms with Gasteiger partial charge in [-0.15, -0.1) is 5.10 Å². The molecular weight excluding hydrogens is 286 g/mol. The van der Waals surface area contributed by atoms with E-state index in [1.807, 2.05) is 12.1 Å². The second-order valence-electron chi connectivity index (χ2n) is 3.96. The van der Waals surface area contributed by atoms with Crippen LogP contribution in [0, 0.1) is 6.92 Å². The molecule has 7 heteroatoms. The van der Waals surface area contributed by atoms with E-state index in [1.165, 1.54) is 0 Å². The number of hydrogen-bond donors (Lipinski definition) is 1.